The van der Waals surface area contributed by atoms with E-state index in [1.165, 1.54) is 5.56 Å². The van der Waals surface area contributed by atoms with Crippen LogP contribution in [0, 0.1) is 25.2 Å². The molecular formula is C55H59N7O4. The number of ether oxygens (including phenoxy) is 2. The number of carbonyl (C=O) groups is 2. The van der Waals surface area contributed by atoms with Crippen molar-refractivity contribution in [1.82, 2.24) is 23.8 Å². The van der Waals surface area contributed by atoms with Gasteiger partial charge in [-0.05, 0) is 110 Å². The molecule has 1 atom stereocenters. The molecule has 2 amide bonds. The first-order valence-electron chi connectivity index (χ1n) is 23.1. The number of benzene rings is 4. The van der Waals surface area contributed by atoms with Gasteiger partial charge in [0.15, 0.2) is 0 Å². The number of amides is 2. The third-order valence-corrected chi connectivity index (χ3v) is 14.0. The first kappa shape index (κ1) is 44.3. The molecule has 11 heteroatoms. The summed E-state index contributed by atoms with van der Waals surface area (Å²) in [5.74, 6) is 0.823. The van der Waals surface area contributed by atoms with Crippen LogP contribution in [0.1, 0.15) is 67.7 Å². The summed E-state index contributed by atoms with van der Waals surface area (Å²) in [6, 6.07) is 37.0. The topological polar surface area (TPSA) is 99.2 Å². The van der Waals surface area contributed by atoms with Gasteiger partial charge in [0.1, 0.15) is 24.1 Å². The lowest BCUT2D eigenvalue weighted by Gasteiger charge is -2.36. The molecule has 11 nitrogen and oxygen atoms in total. The van der Waals surface area contributed by atoms with Gasteiger partial charge in [-0.25, -0.2) is 0 Å². The molecule has 0 N–H and O–H groups in total. The average Bonchev–Trinajstić information content (AvgIpc) is 3.80. The summed E-state index contributed by atoms with van der Waals surface area (Å²) >= 11 is 0. The number of anilines is 2. The number of aromatic nitrogens is 2. The molecule has 5 heterocycles. The van der Waals surface area contributed by atoms with E-state index in [0.29, 0.717) is 43.9 Å². The first-order chi connectivity index (χ1) is 32.0. The summed E-state index contributed by atoms with van der Waals surface area (Å²) in [5.41, 5.74) is 13.9. The van der Waals surface area contributed by atoms with E-state index in [1.54, 1.807) is 0 Å². The third kappa shape index (κ3) is 8.79. The second kappa shape index (κ2) is 18.9. The van der Waals surface area contributed by atoms with Crippen LogP contribution in [-0.4, -0.2) is 87.7 Å². The predicted molar refractivity (Wildman–Crippen MR) is 260 cm³/mol. The molecule has 1 saturated heterocycles. The van der Waals surface area contributed by atoms with Gasteiger partial charge in [-0.1, -0.05) is 61.2 Å². The number of morpholine rings is 1. The Kier molecular flexibility index (Phi) is 12.7. The lowest BCUT2D eigenvalue weighted by atomic mass is 9.89. The Balaban J connectivity index is 1.02. The normalized spacial score (nSPS) is 16.0. The molecule has 338 valence electrons. The number of carbonyl (C=O) groups excluding carboxylic acids is 2. The monoisotopic (exact) mass is 881 g/mol. The number of fused-ring (bicyclic) bond motifs is 2. The highest BCUT2D eigenvalue weighted by molar-refractivity contribution is 6.02. The maximum Gasteiger partial charge on any atom is 0.255 e. The Hall–Kier alpha value is -6.87. The van der Waals surface area contributed by atoms with Crippen molar-refractivity contribution in [2.45, 2.75) is 59.2 Å². The lowest BCUT2D eigenvalue weighted by molar-refractivity contribution is -0.131. The zero-order valence-corrected chi connectivity index (χ0v) is 38.8. The van der Waals surface area contributed by atoms with E-state index in [-0.39, 0.29) is 24.3 Å². The fraction of sp³-hybridized carbons (Fsp3) is 0.327. The van der Waals surface area contributed by atoms with E-state index in [9.17, 15) is 10.1 Å². The van der Waals surface area contributed by atoms with Gasteiger partial charge in [0.2, 0.25) is 5.91 Å². The van der Waals surface area contributed by atoms with Crippen molar-refractivity contribution < 1.29 is 19.1 Å². The smallest absolute Gasteiger partial charge is 0.255 e. The first-order valence-corrected chi connectivity index (χ1v) is 23.1. The van der Waals surface area contributed by atoms with Crippen molar-refractivity contribution in [1.29, 1.82) is 5.26 Å². The summed E-state index contributed by atoms with van der Waals surface area (Å²) in [4.78, 5) is 37.6. The molecule has 0 bridgehead atoms. The van der Waals surface area contributed by atoms with Crippen LogP contribution in [0.3, 0.4) is 0 Å². The number of hydrogen-bond donors (Lipinski definition) is 0. The predicted octanol–water partition coefficient (Wildman–Crippen LogP) is 8.75. The van der Waals surface area contributed by atoms with Gasteiger partial charge in [0.05, 0.1) is 25.3 Å². The molecule has 2 aromatic heterocycles. The zero-order valence-electron chi connectivity index (χ0n) is 38.8. The molecular weight excluding hydrogens is 823 g/mol. The quantitative estimate of drug-likeness (QED) is 0.121. The number of rotatable bonds is 12. The molecule has 0 unspecified atom stereocenters. The van der Waals surface area contributed by atoms with E-state index in [1.807, 2.05) is 90.0 Å². The highest BCUT2D eigenvalue weighted by Crippen LogP contribution is 2.41. The maximum atomic E-state index is 15.2. The molecule has 3 aliphatic heterocycles. The van der Waals surface area contributed by atoms with Crippen LogP contribution in [0.5, 0.6) is 5.75 Å². The molecule has 0 aliphatic carbocycles. The van der Waals surface area contributed by atoms with Gasteiger partial charge in [-0.3, -0.25) is 14.5 Å². The van der Waals surface area contributed by atoms with Gasteiger partial charge in [0.25, 0.3) is 5.91 Å². The van der Waals surface area contributed by atoms with Crippen molar-refractivity contribution in [3.8, 4) is 23.1 Å². The van der Waals surface area contributed by atoms with Crippen LogP contribution in [-0.2, 0) is 56.0 Å². The largest absolute Gasteiger partial charge is 0.492 e. The van der Waals surface area contributed by atoms with E-state index in [0.717, 1.165) is 113 Å². The maximum absolute atomic E-state index is 15.2. The van der Waals surface area contributed by atoms with Gasteiger partial charge in [-0.15, -0.1) is 0 Å². The number of para-hydroxylation sites is 1. The molecule has 9 rings (SSSR count). The van der Waals surface area contributed by atoms with E-state index >= 15 is 4.79 Å². The van der Waals surface area contributed by atoms with Crippen molar-refractivity contribution in [2.75, 3.05) is 50.9 Å². The van der Waals surface area contributed by atoms with Crippen LogP contribution in [0.2, 0.25) is 0 Å². The summed E-state index contributed by atoms with van der Waals surface area (Å²) < 4.78 is 15.5. The summed E-state index contributed by atoms with van der Waals surface area (Å²) in [5, 5.41) is 9.98. The number of nitrogens with zero attached hydrogens (tertiary/aromatic N) is 7. The summed E-state index contributed by atoms with van der Waals surface area (Å²) in [6.45, 7) is 17.3. The van der Waals surface area contributed by atoms with Crippen molar-refractivity contribution in [3.05, 3.63) is 166 Å². The van der Waals surface area contributed by atoms with E-state index < -0.39 is 0 Å². The highest BCUT2D eigenvalue weighted by atomic mass is 16.5. The molecule has 0 radical (unpaired) electrons. The second-order valence-corrected chi connectivity index (χ2v) is 18.0. The van der Waals surface area contributed by atoms with Gasteiger partial charge in [0, 0.05) is 105 Å². The van der Waals surface area contributed by atoms with Gasteiger partial charge >= 0.3 is 0 Å². The minimum Gasteiger partial charge on any atom is -0.492 e. The van der Waals surface area contributed by atoms with Crippen molar-refractivity contribution in [2.24, 2.45) is 14.1 Å². The van der Waals surface area contributed by atoms with Gasteiger partial charge < -0.3 is 33.3 Å². The standard InChI is InChI=1S/C55H59N7O4/c1-37-28-42-12-10-11-13-44(42)36-61(37)55(64)51-31-45-35-60(54(63)29-41-16-18-48(19-17-41)66-27-24-59-22-25-65-26-23-59)21-20-43(45)30-50(51)53-33-49(38(2)58(53)6)39(3)62(46-14-8-7-9-15-46)52-32-47(34-56)57(5)40(52)4/h7-19,30-33,37H,3,20-29,35-36H2,1-2,4-6H3/t37-/m1/s1. The second-order valence-electron chi connectivity index (χ2n) is 18.0. The van der Waals surface area contributed by atoms with Crippen LogP contribution < -0.4 is 9.64 Å². The average molecular weight is 882 g/mol. The Morgan fingerprint density at radius 2 is 1.55 bits per heavy atom. The molecule has 1 fully saturated rings. The van der Waals surface area contributed by atoms with Crippen LogP contribution in [0.25, 0.3) is 17.0 Å². The van der Waals surface area contributed by atoms with Crippen LogP contribution in [0.4, 0.5) is 11.4 Å². The fourth-order valence-electron chi connectivity index (χ4n) is 9.83. The minimum absolute atomic E-state index is 0.00625. The Labute approximate surface area is 388 Å². The zero-order chi connectivity index (χ0) is 46.1. The SMILES string of the molecule is C=C(c1cc(-c2cc3c(cc2C(=O)N2Cc4ccccc4C[C@H]2C)CN(C(=O)Cc2ccc(OCCN4CCOCC4)cc2)CC3)n(C)c1C)N(c1ccccc1)c1cc(C#N)n(C)c1C. The number of nitriles is 1. The Morgan fingerprint density at radius 3 is 2.27 bits per heavy atom. The molecule has 4 aromatic carbocycles. The summed E-state index contributed by atoms with van der Waals surface area (Å²) in [7, 11) is 3.96. The van der Waals surface area contributed by atoms with Gasteiger partial charge in [-0.2, -0.15) is 5.26 Å². The third-order valence-electron chi connectivity index (χ3n) is 14.0. The van der Waals surface area contributed by atoms with E-state index in [4.69, 9.17) is 16.1 Å². The Bertz CT molecular complexity index is 2830. The van der Waals surface area contributed by atoms with E-state index in [2.05, 4.69) is 82.8 Å². The summed E-state index contributed by atoms with van der Waals surface area (Å²) in [6.07, 6.45) is 1.74. The van der Waals surface area contributed by atoms with Crippen molar-refractivity contribution >= 4 is 28.9 Å². The Morgan fingerprint density at radius 1 is 0.818 bits per heavy atom. The number of hydrogen-bond acceptors (Lipinski definition) is 7. The molecule has 0 saturated carbocycles. The molecule has 66 heavy (non-hydrogen) atoms. The highest BCUT2D eigenvalue weighted by Gasteiger charge is 2.33. The molecule has 6 aromatic rings. The lowest BCUT2D eigenvalue weighted by Crippen LogP contribution is -2.43. The van der Waals surface area contributed by atoms with Crippen LogP contribution >= 0.6 is 0 Å². The van der Waals surface area contributed by atoms with Crippen molar-refractivity contribution in [3.63, 3.8) is 0 Å². The molecule has 0 spiro atoms. The fourth-order valence-corrected chi connectivity index (χ4v) is 9.83. The van der Waals surface area contributed by atoms with Crippen LogP contribution in [0.15, 0.2) is 110 Å². The molecule has 3 aliphatic rings. The minimum atomic E-state index is -0.0282.